The quantitative estimate of drug-likeness (QED) is 0.724. The van der Waals surface area contributed by atoms with E-state index >= 15 is 0 Å². The average molecular weight is 370 g/mol. The number of nitrogens with one attached hydrogen (secondary N) is 2. The predicted octanol–water partition coefficient (Wildman–Crippen LogP) is 3.15. The smallest absolute Gasteiger partial charge is 0.163 e. The van der Waals surface area contributed by atoms with Crippen molar-refractivity contribution < 1.29 is 17.9 Å². The van der Waals surface area contributed by atoms with Crippen molar-refractivity contribution in [2.24, 2.45) is 0 Å². The van der Waals surface area contributed by atoms with Gasteiger partial charge < -0.3 is 19.8 Å². The lowest BCUT2D eigenvalue weighted by Crippen LogP contribution is -2.18. The Morgan fingerprint density at radius 1 is 0.962 bits per heavy atom. The Kier molecular flexibility index (Phi) is 3.40. The normalized spacial score (nSPS) is 17.7. The molecule has 2 aromatic carbocycles. The number of sulfone groups is 1. The molecule has 6 nitrogen and oxygen atoms in total. The molecule has 0 spiro atoms. The highest BCUT2D eigenvalue weighted by Crippen LogP contribution is 2.35. The zero-order chi connectivity index (χ0) is 17.7. The molecular weight excluding hydrogens is 352 g/mol. The Balaban J connectivity index is 1.50. The van der Waals surface area contributed by atoms with Crippen molar-refractivity contribution in [3.63, 3.8) is 0 Å². The van der Waals surface area contributed by atoms with Gasteiger partial charge in [-0.1, -0.05) is 0 Å². The number of anilines is 2. The highest BCUT2D eigenvalue weighted by molar-refractivity contribution is 7.90. The minimum Gasteiger partial charge on any atom is -0.486 e. The summed E-state index contributed by atoms with van der Waals surface area (Å²) < 4.78 is 35.2. The van der Waals surface area contributed by atoms with E-state index in [4.69, 9.17) is 9.47 Å². The van der Waals surface area contributed by atoms with E-state index in [2.05, 4.69) is 10.3 Å². The fourth-order valence-corrected chi connectivity index (χ4v) is 5.03. The summed E-state index contributed by atoms with van der Waals surface area (Å²) in [6, 6.07) is 11.7. The van der Waals surface area contributed by atoms with Crippen LogP contribution in [0, 0.1) is 0 Å². The van der Waals surface area contributed by atoms with Crippen LogP contribution in [-0.4, -0.2) is 32.4 Å². The summed E-state index contributed by atoms with van der Waals surface area (Å²) in [6.07, 6.45) is 0.553. The van der Waals surface area contributed by atoms with Crippen molar-refractivity contribution in [3.8, 4) is 11.5 Å². The van der Waals surface area contributed by atoms with Crippen molar-refractivity contribution >= 4 is 32.1 Å². The second kappa shape index (κ2) is 5.67. The molecule has 134 valence electrons. The maximum Gasteiger partial charge on any atom is 0.163 e. The van der Waals surface area contributed by atoms with Crippen molar-refractivity contribution in [2.45, 2.75) is 12.2 Å². The van der Waals surface area contributed by atoms with Crippen LogP contribution in [0.15, 0.2) is 36.4 Å². The number of aryl methyl sites for hydroxylation is 1. The molecule has 0 saturated heterocycles. The van der Waals surface area contributed by atoms with Crippen LogP contribution >= 0.6 is 0 Å². The molecule has 2 aliphatic rings. The summed E-state index contributed by atoms with van der Waals surface area (Å²) >= 11 is 0. The predicted molar refractivity (Wildman–Crippen MR) is 100 cm³/mol. The Morgan fingerprint density at radius 2 is 1.73 bits per heavy atom. The molecule has 0 amide bonds. The summed E-state index contributed by atoms with van der Waals surface area (Å²) in [5.41, 5.74) is 4.70. The lowest BCUT2D eigenvalue weighted by molar-refractivity contribution is 0.171. The van der Waals surface area contributed by atoms with Gasteiger partial charge in [-0.2, -0.15) is 0 Å². The second-order valence-corrected chi connectivity index (χ2v) is 8.85. The number of hydrogen-bond acceptors (Lipinski definition) is 5. The van der Waals surface area contributed by atoms with Gasteiger partial charge in [-0.3, -0.25) is 0 Å². The molecule has 0 saturated carbocycles. The molecule has 0 bridgehead atoms. The van der Waals surface area contributed by atoms with E-state index in [-0.39, 0.29) is 11.5 Å². The van der Waals surface area contributed by atoms with Crippen molar-refractivity contribution in [1.82, 2.24) is 4.98 Å². The topological polar surface area (TPSA) is 80.4 Å². The summed E-state index contributed by atoms with van der Waals surface area (Å²) in [5.74, 6) is 1.81. The van der Waals surface area contributed by atoms with E-state index in [1.54, 1.807) is 0 Å². The lowest BCUT2D eigenvalue weighted by Gasteiger charge is -2.19. The fourth-order valence-electron chi connectivity index (χ4n) is 3.60. The van der Waals surface area contributed by atoms with Gasteiger partial charge in [-0.25, -0.2) is 8.42 Å². The molecule has 3 aromatic rings. The molecule has 2 aliphatic heterocycles. The molecule has 2 N–H and O–H groups in total. The van der Waals surface area contributed by atoms with E-state index < -0.39 is 9.84 Å². The van der Waals surface area contributed by atoms with Gasteiger partial charge in [0.25, 0.3) is 0 Å². The minimum absolute atomic E-state index is 0.107. The molecule has 26 heavy (non-hydrogen) atoms. The van der Waals surface area contributed by atoms with Crippen molar-refractivity contribution in [3.05, 3.63) is 47.7 Å². The van der Waals surface area contributed by atoms with E-state index in [1.165, 1.54) is 0 Å². The van der Waals surface area contributed by atoms with Gasteiger partial charge in [-0.15, -0.1) is 0 Å². The minimum atomic E-state index is -3.01. The van der Waals surface area contributed by atoms with Crippen LogP contribution in [0.3, 0.4) is 0 Å². The van der Waals surface area contributed by atoms with Gasteiger partial charge in [-0.05, 0) is 35.9 Å². The SMILES string of the molecule is O=S1(=O)CCc2[nH]c3ccc(Nc4ccc5c(c4)OCCO5)cc3c2C1. The maximum atomic E-state index is 12.0. The monoisotopic (exact) mass is 370 g/mol. The van der Waals surface area contributed by atoms with E-state index in [0.717, 1.165) is 45.0 Å². The van der Waals surface area contributed by atoms with Crippen LogP contribution in [0.1, 0.15) is 11.3 Å². The molecule has 0 fully saturated rings. The highest BCUT2D eigenvalue weighted by Gasteiger charge is 2.25. The number of rotatable bonds is 2. The zero-order valence-electron chi connectivity index (χ0n) is 14.0. The summed E-state index contributed by atoms with van der Waals surface area (Å²) in [7, 11) is -3.01. The highest BCUT2D eigenvalue weighted by atomic mass is 32.2. The van der Waals surface area contributed by atoms with Crippen LogP contribution in [0.25, 0.3) is 10.9 Å². The molecular formula is C19H18N2O4S. The summed E-state index contributed by atoms with van der Waals surface area (Å²) in [6.45, 7) is 1.12. The number of hydrogen-bond donors (Lipinski definition) is 2. The van der Waals surface area contributed by atoms with Crippen molar-refractivity contribution in [2.75, 3.05) is 24.3 Å². The van der Waals surface area contributed by atoms with Gasteiger partial charge in [0.1, 0.15) is 13.2 Å². The van der Waals surface area contributed by atoms with Crippen LogP contribution in [0.4, 0.5) is 11.4 Å². The van der Waals surface area contributed by atoms with Crippen LogP contribution in [0.2, 0.25) is 0 Å². The standard InChI is InChI=1S/C19H18N2O4S/c22-26(23)8-5-17-15(11-26)14-9-12(1-3-16(14)21-17)20-13-2-4-18-19(10-13)25-7-6-24-18/h1-4,9-10,20-21H,5-8,11H2. The number of H-pyrrole nitrogens is 1. The number of fused-ring (bicyclic) bond motifs is 4. The van der Waals surface area contributed by atoms with E-state index in [9.17, 15) is 8.42 Å². The fraction of sp³-hybridized carbons (Fsp3) is 0.263. The Bertz CT molecular complexity index is 1120. The number of aromatic nitrogens is 1. The molecule has 0 unspecified atom stereocenters. The lowest BCUT2D eigenvalue weighted by atomic mass is 10.1. The van der Waals surface area contributed by atoms with Crippen LogP contribution in [0.5, 0.6) is 11.5 Å². The number of ether oxygens (including phenoxy) is 2. The first kappa shape index (κ1) is 15.6. The van der Waals surface area contributed by atoms with E-state index in [0.29, 0.717) is 19.6 Å². The average Bonchev–Trinajstić information content (AvgIpc) is 2.98. The van der Waals surface area contributed by atoms with Gasteiger partial charge in [0.2, 0.25) is 0 Å². The maximum absolute atomic E-state index is 12.0. The Labute approximate surface area is 151 Å². The van der Waals surface area contributed by atoms with Gasteiger partial charge in [0.05, 0.1) is 11.5 Å². The van der Waals surface area contributed by atoms with Crippen LogP contribution < -0.4 is 14.8 Å². The first-order chi connectivity index (χ1) is 12.6. The Hall–Kier alpha value is -2.67. The van der Waals surface area contributed by atoms with Gasteiger partial charge >= 0.3 is 0 Å². The third-order valence-corrected chi connectivity index (χ3v) is 6.41. The summed E-state index contributed by atoms with van der Waals surface area (Å²) in [5, 5.41) is 4.33. The first-order valence-electron chi connectivity index (χ1n) is 8.58. The number of benzene rings is 2. The molecule has 0 atom stereocenters. The zero-order valence-corrected chi connectivity index (χ0v) is 14.9. The number of aromatic amines is 1. The molecule has 0 aliphatic carbocycles. The second-order valence-electron chi connectivity index (χ2n) is 6.67. The summed E-state index contributed by atoms with van der Waals surface area (Å²) in [4.78, 5) is 3.36. The van der Waals surface area contributed by atoms with Gasteiger partial charge in [0, 0.05) is 40.5 Å². The molecule has 3 heterocycles. The molecule has 5 rings (SSSR count). The van der Waals surface area contributed by atoms with Gasteiger partial charge in [0.15, 0.2) is 21.3 Å². The third-order valence-electron chi connectivity index (χ3n) is 4.85. The van der Waals surface area contributed by atoms with Crippen LogP contribution in [-0.2, 0) is 22.0 Å². The van der Waals surface area contributed by atoms with E-state index in [1.807, 2.05) is 36.4 Å². The third kappa shape index (κ3) is 2.68. The largest absolute Gasteiger partial charge is 0.486 e. The Morgan fingerprint density at radius 3 is 2.62 bits per heavy atom. The first-order valence-corrected chi connectivity index (χ1v) is 10.4. The molecule has 1 aromatic heterocycles. The molecule has 0 radical (unpaired) electrons. The van der Waals surface area contributed by atoms with Crippen molar-refractivity contribution in [1.29, 1.82) is 0 Å². The molecule has 7 heteroatoms.